The Morgan fingerprint density at radius 1 is 1.39 bits per heavy atom. The van der Waals surface area contributed by atoms with E-state index in [1.807, 2.05) is 19.1 Å². The molecule has 0 bridgehead atoms. The Hall–Kier alpha value is -0.100. The molecule has 0 amide bonds. The molecule has 0 aromatic heterocycles. The van der Waals surface area contributed by atoms with E-state index in [0.717, 1.165) is 39.8 Å². The summed E-state index contributed by atoms with van der Waals surface area (Å²) in [5.74, 6) is 0.880. The van der Waals surface area contributed by atoms with Crippen LogP contribution in [0.1, 0.15) is 25.8 Å². The van der Waals surface area contributed by atoms with E-state index in [9.17, 15) is 5.11 Å². The van der Waals surface area contributed by atoms with Crippen molar-refractivity contribution in [2.75, 3.05) is 13.2 Å². The summed E-state index contributed by atoms with van der Waals surface area (Å²) >= 11 is 6.99. The van der Waals surface area contributed by atoms with Crippen LogP contribution in [0.3, 0.4) is 0 Å². The Balaban J connectivity index is 2.67. The molecule has 18 heavy (non-hydrogen) atoms. The Morgan fingerprint density at radius 2 is 2.11 bits per heavy atom. The van der Waals surface area contributed by atoms with Crippen LogP contribution < -0.4 is 10.1 Å². The first-order valence-corrected chi connectivity index (χ1v) is 7.62. The molecule has 5 heteroatoms. The average molecular weight is 381 g/mol. The number of hydrogen-bond acceptors (Lipinski definition) is 3. The van der Waals surface area contributed by atoms with Gasteiger partial charge in [0.15, 0.2) is 0 Å². The molecular weight excluding hydrogens is 362 g/mol. The van der Waals surface area contributed by atoms with Crippen LogP contribution in [0, 0.1) is 0 Å². The van der Waals surface area contributed by atoms with Gasteiger partial charge in [0.2, 0.25) is 0 Å². The van der Waals surface area contributed by atoms with Crippen LogP contribution >= 0.6 is 31.9 Å². The zero-order valence-electron chi connectivity index (χ0n) is 10.7. The van der Waals surface area contributed by atoms with E-state index in [2.05, 4.69) is 37.2 Å². The van der Waals surface area contributed by atoms with Gasteiger partial charge >= 0.3 is 0 Å². The monoisotopic (exact) mass is 379 g/mol. The van der Waals surface area contributed by atoms with Crippen LogP contribution in [0.15, 0.2) is 21.1 Å². The molecule has 0 heterocycles. The fourth-order valence-electron chi connectivity index (χ4n) is 1.58. The summed E-state index contributed by atoms with van der Waals surface area (Å²) in [7, 11) is 0. The molecule has 0 spiro atoms. The first-order chi connectivity index (χ1) is 8.54. The number of aliphatic hydroxyl groups is 1. The van der Waals surface area contributed by atoms with Gasteiger partial charge in [0.1, 0.15) is 5.75 Å². The van der Waals surface area contributed by atoms with Gasteiger partial charge in [-0.15, -0.1) is 0 Å². The minimum Gasteiger partial charge on any atom is -0.492 e. The molecule has 102 valence electrons. The Kier molecular flexibility index (Phi) is 7.22. The van der Waals surface area contributed by atoms with Crippen molar-refractivity contribution < 1.29 is 9.84 Å². The number of nitrogens with one attached hydrogen (secondary N) is 1. The van der Waals surface area contributed by atoms with E-state index >= 15 is 0 Å². The van der Waals surface area contributed by atoms with Crippen molar-refractivity contribution in [2.45, 2.75) is 32.9 Å². The molecule has 0 aliphatic carbocycles. The highest BCUT2D eigenvalue weighted by Gasteiger charge is 2.09. The highest BCUT2D eigenvalue weighted by molar-refractivity contribution is 9.11. The van der Waals surface area contributed by atoms with Crippen molar-refractivity contribution in [3.63, 3.8) is 0 Å². The highest BCUT2D eigenvalue weighted by atomic mass is 79.9. The highest BCUT2D eigenvalue weighted by Crippen LogP contribution is 2.32. The van der Waals surface area contributed by atoms with E-state index in [-0.39, 0.29) is 6.10 Å². The minimum atomic E-state index is -0.266. The van der Waals surface area contributed by atoms with Gasteiger partial charge in [-0.25, -0.2) is 0 Å². The third-order valence-corrected chi connectivity index (χ3v) is 3.48. The van der Waals surface area contributed by atoms with Crippen LogP contribution in [-0.4, -0.2) is 24.4 Å². The number of ether oxygens (including phenoxy) is 1. The van der Waals surface area contributed by atoms with E-state index in [1.54, 1.807) is 6.92 Å². The van der Waals surface area contributed by atoms with Gasteiger partial charge in [-0.05, 0) is 54.9 Å². The first-order valence-electron chi connectivity index (χ1n) is 6.04. The lowest BCUT2D eigenvalue weighted by molar-refractivity contribution is 0.183. The van der Waals surface area contributed by atoms with E-state index in [1.165, 1.54) is 0 Å². The summed E-state index contributed by atoms with van der Waals surface area (Å²) in [6.07, 6.45) is 0.484. The van der Waals surface area contributed by atoms with Gasteiger partial charge in [-0.1, -0.05) is 15.9 Å². The van der Waals surface area contributed by atoms with E-state index in [0.29, 0.717) is 6.61 Å². The topological polar surface area (TPSA) is 41.5 Å². The molecule has 3 nitrogen and oxygen atoms in total. The molecule has 0 aliphatic heterocycles. The SMILES string of the molecule is CCOc1c(Br)cc(Br)cc1CNCCC(C)O. The molecule has 1 aromatic carbocycles. The predicted molar refractivity (Wildman–Crippen MR) is 81.0 cm³/mol. The van der Waals surface area contributed by atoms with Gasteiger partial charge in [-0.2, -0.15) is 0 Å². The Labute approximate surface area is 125 Å². The van der Waals surface area contributed by atoms with E-state index < -0.39 is 0 Å². The van der Waals surface area contributed by atoms with Gasteiger partial charge in [0.05, 0.1) is 17.2 Å². The summed E-state index contributed by atoms with van der Waals surface area (Å²) < 4.78 is 7.61. The molecular formula is C13H19Br2NO2. The summed E-state index contributed by atoms with van der Waals surface area (Å²) in [5, 5.41) is 12.5. The lowest BCUT2D eigenvalue weighted by Crippen LogP contribution is -2.19. The van der Waals surface area contributed by atoms with Gasteiger partial charge in [0, 0.05) is 16.6 Å². The maximum Gasteiger partial charge on any atom is 0.138 e. The smallest absolute Gasteiger partial charge is 0.138 e. The summed E-state index contributed by atoms with van der Waals surface area (Å²) in [6, 6.07) is 4.02. The number of hydrogen-bond donors (Lipinski definition) is 2. The normalized spacial score (nSPS) is 12.5. The summed E-state index contributed by atoms with van der Waals surface area (Å²) in [6.45, 7) is 5.91. The molecule has 0 fully saturated rings. The molecule has 0 saturated heterocycles. The molecule has 1 rings (SSSR count). The summed E-state index contributed by atoms with van der Waals surface area (Å²) in [5.41, 5.74) is 1.10. The van der Waals surface area contributed by atoms with Crippen molar-refractivity contribution in [1.29, 1.82) is 0 Å². The zero-order chi connectivity index (χ0) is 13.5. The lowest BCUT2D eigenvalue weighted by atomic mass is 10.2. The molecule has 0 saturated carbocycles. The van der Waals surface area contributed by atoms with Crippen LogP contribution in [0.4, 0.5) is 0 Å². The maximum atomic E-state index is 9.20. The van der Waals surface area contributed by atoms with E-state index in [4.69, 9.17) is 4.74 Å². The average Bonchev–Trinajstić information content (AvgIpc) is 2.28. The number of benzene rings is 1. The van der Waals surface area contributed by atoms with Crippen molar-refractivity contribution >= 4 is 31.9 Å². The van der Waals surface area contributed by atoms with Crippen LogP contribution in [0.5, 0.6) is 5.75 Å². The zero-order valence-corrected chi connectivity index (χ0v) is 13.8. The maximum absolute atomic E-state index is 9.20. The number of rotatable bonds is 7. The molecule has 2 N–H and O–H groups in total. The van der Waals surface area contributed by atoms with Crippen LogP contribution in [-0.2, 0) is 6.54 Å². The van der Waals surface area contributed by atoms with Crippen LogP contribution in [0.2, 0.25) is 0 Å². The predicted octanol–water partition coefficient (Wildman–Crippen LogP) is 3.47. The third kappa shape index (κ3) is 5.26. The fourth-order valence-corrected chi connectivity index (χ4v) is 3.01. The number of aliphatic hydroxyl groups excluding tert-OH is 1. The van der Waals surface area contributed by atoms with Crippen molar-refractivity contribution in [3.8, 4) is 5.75 Å². The number of halogens is 2. The standard InChI is InChI=1S/C13H19Br2NO2/c1-3-18-13-10(6-11(14)7-12(13)15)8-16-5-4-9(2)17/h6-7,9,16-17H,3-5,8H2,1-2H3. The Bertz CT molecular complexity index is 383. The Morgan fingerprint density at radius 3 is 2.72 bits per heavy atom. The molecule has 1 aromatic rings. The van der Waals surface area contributed by atoms with Gasteiger partial charge in [0.25, 0.3) is 0 Å². The second-order valence-corrected chi connectivity index (χ2v) is 5.89. The molecule has 1 atom stereocenters. The van der Waals surface area contributed by atoms with Gasteiger partial charge in [-0.3, -0.25) is 0 Å². The largest absolute Gasteiger partial charge is 0.492 e. The quantitative estimate of drug-likeness (QED) is 0.711. The third-order valence-electron chi connectivity index (χ3n) is 2.43. The second-order valence-electron chi connectivity index (χ2n) is 4.12. The lowest BCUT2D eigenvalue weighted by Gasteiger charge is -2.14. The molecule has 0 aliphatic rings. The minimum absolute atomic E-state index is 0.266. The second kappa shape index (κ2) is 8.15. The van der Waals surface area contributed by atoms with Crippen molar-refractivity contribution in [3.05, 3.63) is 26.6 Å². The fraction of sp³-hybridized carbons (Fsp3) is 0.538. The summed E-state index contributed by atoms with van der Waals surface area (Å²) in [4.78, 5) is 0. The molecule has 1 unspecified atom stereocenters. The van der Waals surface area contributed by atoms with Gasteiger partial charge < -0.3 is 15.2 Å². The van der Waals surface area contributed by atoms with Crippen molar-refractivity contribution in [1.82, 2.24) is 5.32 Å². The van der Waals surface area contributed by atoms with Crippen LogP contribution in [0.25, 0.3) is 0 Å². The molecule has 0 radical (unpaired) electrons. The van der Waals surface area contributed by atoms with Crippen molar-refractivity contribution in [2.24, 2.45) is 0 Å². The first kappa shape index (κ1) is 16.0.